The summed E-state index contributed by atoms with van der Waals surface area (Å²) in [5.74, 6) is 0. The van der Waals surface area contributed by atoms with E-state index in [1.54, 1.807) is 0 Å². The second-order valence-corrected chi connectivity index (χ2v) is 7.40. The summed E-state index contributed by atoms with van der Waals surface area (Å²) in [5, 5.41) is 4.96. The van der Waals surface area contributed by atoms with Gasteiger partial charge < -0.3 is 5.32 Å². The molecule has 0 aliphatic heterocycles. The number of aromatic nitrogens is 1. The average molecular weight is 252 g/mol. The first-order chi connectivity index (χ1) is 7.96. The van der Waals surface area contributed by atoms with E-state index in [1.165, 1.54) is 35.6 Å². The van der Waals surface area contributed by atoms with E-state index >= 15 is 0 Å². The molecule has 3 heteroatoms. The van der Waals surface area contributed by atoms with Crippen LogP contribution in [0.5, 0.6) is 0 Å². The van der Waals surface area contributed by atoms with E-state index in [2.05, 4.69) is 38.0 Å². The van der Waals surface area contributed by atoms with Crippen LogP contribution in [0.4, 0.5) is 0 Å². The Hall–Kier alpha value is -0.410. The van der Waals surface area contributed by atoms with Crippen molar-refractivity contribution in [2.24, 2.45) is 5.41 Å². The molecule has 0 bridgehead atoms. The van der Waals surface area contributed by atoms with Gasteiger partial charge in [-0.2, -0.15) is 0 Å². The van der Waals surface area contributed by atoms with E-state index in [0.717, 1.165) is 0 Å². The Bertz CT molecular complexity index is 360. The van der Waals surface area contributed by atoms with Gasteiger partial charge in [-0.3, -0.25) is 0 Å². The van der Waals surface area contributed by atoms with Gasteiger partial charge in [0.1, 0.15) is 5.01 Å². The molecule has 0 saturated heterocycles. The second kappa shape index (κ2) is 5.07. The fraction of sp³-hybridized carbons (Fsp3) is 0.786. The van der Waals surface area contributed by atoms with Crippen LogP contribution in [0.25, 0.3) is 0 Å². The summed E-state index contributed by atoms with van der Waals surface area (Å²) in [6.45, 7) is 9.13. The Kier molecular flexibility index (Phi) is 3.88. The third-order valence-electron chi connectivity index (χ3n) is 3.83. The van der Waals surface area contributed by atoms with Gasteiger partial charge in [-0.25, -0.2) is 4.98 Å². The van der Waals surface area contributed by atoms with Crippen molar-refractivity contribution in [1.82, 2.24) is 10.3 Å². The van der Waals surface area contributed by atoms with Crippen LogP contribution in [0.15, 0.2) is 6.20 Å². The van der Waals surface area contributed by atoms with Crippen LogP contribution in [0.1, 0.15) is 62.4 Å². The molecule has 1 aliphatic rings. The summed E-state index contributed by atoms with van der Waals surface area (Å²) < 4.78 is 0. The monoisotopic (exact) mass is 252 g/mol. The number of hydrogen-bond donors (Lipinski definition) is 1. The van der Waals surface area contributed by atoms with Crippen molar-refractivity contribution in [2.45, 2.75) is 65.5 Å². The minimum Gasteiger partial charge on any atom is -0.305 e. The van der Waals surface area contributed by atoms with Gasteiger partial charge >= 0.3 is 0 Å². The average Bonchev–Trinajstić information content (AvgIpc) is 2.68. The molecule has 0 spiro atoms. The highest BCUT2D eigenvalue weighted by molar-refractivity contribution is 7.11. The fourth-order valence-electron chi connectivity index (χ4n) is 2.56. The maximum Gasteiger partial charge on any atom is 0.109 e. The fourth-order valence-corrected chi connectivity index (χ4v) is 3.35. The lowest BCUT2D eigenvalue weighted by Gasteiger charge is -2.35. The molecule has 1 N–H and O–H groups in total. The van der Waals surface area contributed by atoms with Gasteiger partial charge in [0.05, 0.1) is 6.04 Å². The lowest BCUT2D eigenvalue weighted by Crippen LogP contribution is -2.36. The van der Waals surface area contributed by atoms with Crippen molar-refractivity contribution < 1.29 is 0 Å². The molecule has 1 aromatic rings. The quantitative estimate of drug-likeness (QED) is 0.877. The first-order valence-corrected chi connectivity index (χ1v) is 7.46. The highest BCUT2D eigenvalue weighted by atomic mass is 32.1. The normalized spacial score (nSPS) is 22.6. The van der Waals surface area contributed by atoms with Gasteiger partial charge in [0.25, 0.3) is 0 Å². The molecule has 0 radical (unpaired) electrons. The minimum atomic E-state index is 0.403. The Balaban J connectivity index is 1.86. The number of nitrogens with one attached hydrogen (secondary N) is 1. The van der Waals surface area contributed by atoms with Crippen molar-refractivity contribution in [3.05, 3.63) is 16.1 Å². The molecule has 1 aliphatic carbocycles. The second-order valence-electron chi connectivity index (χ2n) is 6.14. The zero-order valence-corrected chi connectivity index (χ0v) is 12.2. The molecule has 1 atom stereocenters. The number of hydrogen-bond acceptors (Lipinski definition) is 3. The van der Waals surface area contributed by atoms with Crippen molar-refractivity contribution in [3.63, 3.8) is 0 Å². The molecule has 1 unspecified atom stereocenters. The molecule has 1 aromatic heterocycles. The predicted molar refractivity (Wildman–Crippen MR) is 74.4 cm³/mol. The van der Waals surface area contributed by atoms with Gasteiger partial charge in [0.15, 0.2) is 0 Å². The van der Waals surface area contributed by atoms with Gasteiger partial charge in [0, 0.05) is 17.1 Å². The van der Waals surface area contributed by atoms with Gasteiger partial charge in [-0.15, -0.1) is 11.3 Å². The lowest BCUT2D eigenvalue weighted by atomic mass is 9.75. The van der Waals surface area contributed by atoms with E-state index in [4.69, 9.17) is 0 Å². The number of rotatable bonds is 3. The Morgan fingerprint density at radius 2 is 2.06 bits per heavy atom. The summed E-state index contributed by atoms with van der Waals surface area (Å²) in [6.07, 6.45) is 7.27. The van der Waals surface area contributed by atoms with Crippen molar-refractivity contribution in [1.29, 1.82) is 0 Å². The number of nitrogens with zero attached hydrogens (tertiary/aromatic N) is 1. The van der Waals surface area contributed by atoms with E-state index < -0.39 is 0 Å². The van der Waals surface area contributed by atoms with Crippen LogP contribution < -0.4 is 5.32 Å². The van der Waals surface area contributed by atoms with E-state index in [0.29, 0.717) is 17.5 Å². The summed E-state index contributed by atoms with van der Waals surface area (Å²) in [5.41, 5.74) is 0.555. The first kappa shape index (κ1) is 13.0. The molecule has 17 heavy (non-hydrogen) atoms. The third kappa shape index (κ3) is 3.52. The van der Waals surface area contributed by atoms with Crippen LogP contribution in [0.2, 0.25) is 0 Å². The van der Waals surface area contributed by atoms with Gasteiger partial charge in [-0.1, -0.05) is 13.8 Å². The van der Waals surface area contributed by atoms with Gasteiger partial charge in [-0.05, 0) is 44.9 Å². The lowest BCUT2D eigenvalue weighted by molar-refractivity contribution is 0.200. The van der Waals surface area contributed by atoms with E-state index in [9.17, 15) is 0 Å². The zero-order valence-electron chi connectivity index (χ0n) is 11.4. The Morgan fingerprint density at radius 1 is 1.41 bits per heavy atom. The first-order valence-electron chi connectivity index (χ1n) is 6.65. The highest BCUT2D eigenvalue weighted by Crippen LogP contribution is 2.35. The molecule has 0 amide bonds. The van der Waals surface area contributed by atoms with Crippen molar-refractivity contribution in [3.8, 4) is 0 Å². The van der Waals surface area contributed by atoms with Crippen LogP contribution in [0, 0.1) is 12.3 Å². The van der Waals surface area contributed by atoms with E-state index in [1.807, 2.05) is 17.5 Å². The standard InChI is InChI=1S/C14H24N2S/c1-10-9-15-13(17-10)11(2)16-12-5-7-14(3,4)8-6-12/h9,11-12,16H,5-8H2,1-4H3. The third-order valence-corrected chi connectivity index (χ3v) is 4.93. The summed E-state index contributed by atoms with van der Waals surface area (Å²) in [4.78, 5) is 5.77. The highest BCUT2D eigenvalue weighted by Gasteiger charge is 2.27. The molecule has 2 rings (SSSR count). The summed E-state index contributed by atoms with van der Waals surface area (Å²) in [6, 6.07) is 1.09. The molecular formula is C14H24N2S. The molecule has 0 aromatic carbocycles. The van der Waals surface area contributed by atoms with E-state index in [-0.39, 0.29) is 0 Å². The van der Waals surface area contributed by atoms with Crippen LogP contribution >= 0.6 is 11.3 Å². The predicted octanol–water partition coefficient (Wildman–Crippen LogP) is 4.07. The number of aryl methyl sites for hydroxylation is 1. The Morgan fingerprint density at radius 3 is 2.59 bits per heavy atom. The van der Waals surface area contributed by atoms with Crippen molar-refractivity contribution in [2.75, 3.05) is 0 Å². The molecule has 2 nitrogen and oxygen atoms in total. The largest absolute Gasteiger partial charge is 0.305 e. The Labute approximate surface area is 109 Å². The molecule has 1 saturated carbocycles. The molecule has 1 heterocycles. The zero-order chi connectivity index (χ0) is 12.5. The molecular weight excluding hydrogens is 228 g/mol. The maximum atomic E-state index is 4.47. The van der Waals surface area contributed by atoms with Crippen LogP contribution in [-0.4, -0.2) is 11.0 Å². The smallest absolute Gasteiger partial charge is 0.109 e. The topological polar surface area (TPSA) is 24.9 Å². The molecule has 96 valence electrons. The molecule has 1 fully saturated rings. The maximum absolute atomic E-state index is 4.47. The minimum absolute atomic E-state index is 0.403. The van der Waals surface area contributed by atoms with Crippen LogP contribution in [-0.2, 0) is 0 Å². The van der Waals surface area contributed by atoms with Gasteiger partial charge in [0.2, 0.25) is 0 Å². The summed E-state index contributed by atoms with van der Waals surface area (Å²) >= 11 is 1.81. The van der Waals surface area contributed by atoms with Crippen LogP contribution in [0.3, 0.4) is 0 Å². The SMILES string of the molecule is Cc1cnc(C(C)NC2CCC(C)(C)CC2)s1. The van der Waals surface area contributed by atoms with Crippen molar-refractivity contribution >= 4 is 11.3 Å². The number of thiazole rings is 1. The summed E-state index contributed by atoms with van der Waals surface area (Å²) in [7, 11) is 0.